The third-order valence-corrected chi connectivity index (χ3v) is 6.66. The van der Waals surface area contributed by atoms with Gasteiger partial charge < -0.3 is 14.4 Å². The molecule has 6 nitrogen and oxygen atoms in total. The first-order chi connectivity index (χ1) is 16.0. The van der Waals surface area contributed by atoms with Crippen molar-refractivity contribution >= 4 is 50.8 Å². The Bertz CT molecular complexity index is 1340. The monoisotopic (exact) mass is 458 g/mol. The van der Waals surface area contributed by atoms with Gasteiger partial charge in [0.25, 0.3) is 11.1 Å². The summed E-state index contributed by atoms with van der Waals surface area (Å²) < 4.78 is 7.19. The van der Waals surface area contributed by atoms with Crippen molar-refractivity contribution in [2.45, 2.75) is 12.6 Å². The maximum absolute atomic E-state index is 12.9. The molecule has 1 atom stereocenters. The van der Waals surface area contributed by atoms with Crippen LogP contribution in [0.15, 0.2) is 77.7 Å². The molecule has 2 heterocycles. The molecule has 0 aliphatic carbocycles. The van der Waals surface area contributed by atoms with Gasteiger partial charge in [-0.15, -0.1) is 0 Å². The minimum Gasteiger partial charge on any atom is -0.497 e. The molecule has 1 aliphatic heterocycles. The number of carbonyl (C=O) groups excluding carboxylic acids is 2. The van der Waals surface area contributed by atoms with Crippen LogP contribution in [0.1, 0.15) is 5.56 Å². The van der Waals surface area contributed by atoms with E-state index in [1.54, 1.807) is 25.3 Å². The highest BCUT2D eigenvalue weighted by atomic mass is 32.2. The molecule has 166 valence electrons. The van der Waals surface area contributed by atoms with E-state index in [2.05, 4.69) is 12.1 Å². The van der Waals surface area contributed by atoms with Gasteiger partial charge in [-0.05, 0) is 47.7 Å². The molecule has 1 fully saturated rings. The van der Waals surface area contributed by atoms with Crippen LogP contribution in [-0.4, -0.2) is 45.5 Å². The first-order valence-corrected chi connectivity index (χ1v) is 11.4. The quantitative estimate of drug-likeness (QED) is 0.416. The normalized spacial score (nSPS) is 16.3. The lowest BCUT2D eigenvalue weighted by atomic mass is 10.2. The highest BCUT2D eigenvalue weighted by Crippen LogP contribution is 2.33. The fourth-order valence-electron chi connectivity index (χ4n) is 4.19. The van der Waals surface area contributed by atoms with Gasteiger partial charge in [-0.2, -0.15) is 0 Å². The fraction of sp³-hybridized carbons (Fsp3) is 0.154. The van der Waals surface area contributed by atoms with E-state index in [9.17, 15) is 14.7 Å². The summed E-state index contributed by atoms with van der Waals surface area (Å²) in [5, 5.41) is 12.7. The average molecular weight is 459 g/mol. The van der Waals surface area contributed by atoms with Crippen molar-refractivity contribution in [1.29, 1.82) is 0 Å². The van der Waals surface area contributed by atoms with Crippen LogP contribution in [0.2, 0.25) is 0 Å². The largest absolute Gasteiger partial charge is 0.497 e. The number of aliphatic hydroxyl groups is 1. The van der Waals surface area contributed by atoms with Gasteiger partial charge in [-0.1, -0.05) is 48.5 Å². The molecule has 1 aliphatic rings. The number of fused-ring (bicyclic) bond motifs is 3. The number of amides is 2. The molecule has 5 rings (SSSR count). The Morgan fingerprint density at radius 3 is 2.12 bits per heavy atom. The van der Waals surface area contributed by atoms with E-state index < -0.39 is 6.10 Å². The zero-order chi connectivity index (χ0) is 22.9. The van der Waals surface area contributed by atoms with E-state index >= 15 is 0 Å². The number of hydrogen-bond acceptors (Lipinski definition) is 5. The van der Waals surface area contributed by atoms with Crippen LogP contribution in [-0.2, 0) is 11.3 Å². The Morgan fingerprint density at radius 2 is 1.52 bits per heavy atom. The molecule has 1 aromatic heterocycles. The number of aliphatic hydroxyl groups excluding tert-OH is 1. The van der Waals surface area contributed by atoms with Crippen molar-refractivity contribution in [3.8, 4) is 5.75 Å². The van der Waals surface area contributed by atoms with Gasteiger partial charge >= 0.3 is 0 Å². The summed E-state index contributed by atoms with van der Waals surface area (Å²) in [5.74, 6) is 0.329. The minimum atomic E-state index is -0.905. The number of thioether (sulfide) groups is 1. The predicted molar refractivity (Wildman–Crippen MR) is 131 cm³/mol. The molecular formula is C26H22N2O4S. The summed E-state index contributed by atoms with van der Waals surface area (Å²) in [4.78, 5) is 26.9. The van der Waals surface area contributed by atoms with Crippen molar-refractivity contribution < 1.29 is 19.4 Å². The standard InChI is InChI=1S/C26H22N2O4S/c1-32-19-12-10-17(11-13-19)14-24-25(30)28(26(31)33-24)16-18(29)15-27-22-8-4-2-6-20(22)21-7-3-5-9-23(21)27/h2-14,18,29H,15-16H2,1H3/b24-14+/t18-/m0/s1. The second kappa shape index (κ2) is 8.77. The van der Waals surface area contributed by atoms with Crippen molar-refractivity contribution in [3.05, 3.63) is 83.3 Å². The zero-order valence-corrected chi connectivity index (χ0v) is 18.8. The van der Waals surface area contributed by atoms with E-state index in [-0.39, 0.29) is 24.2 Å². The molecule has 1 N–H and O–H groups in total. The molecule has 0 unspecified atom stereocenters. The lowest BCUT2D eigenvalue weighted by Crippen LogP contribution is -2.37. The maximum Gasteiger partial charge on any atom is 0.293 e. The molecule has 1 saturated heterocycles. The lowest BCUT2D eigenvalue weighted by Gasteiger charge is -2.19. The van der Waals surface area contributed by atoms with Crippen molar-refractivity contribution in [2.24, 2.45) is 0 Å². The van der Waals surface area contributed by atoms with Gasteiger partial charge in [0.2, 0.25) is 0 Å². The fourth-order valence-corrected chi connectivity index (χ4v) is 5.04. The van der Waals surface area contributed by atoms with Crippen LogP contribution in [0, 0.1) is 0 Å². The van der Waals surface area contributed by atoms with E-state index in [1.807, 2.05) is 53.1 Å². The van der Waals surface area contributed by atoms with E-state index in [1.165, 1.54) is 0 Å². The number of hydrogen-bond donors (Lipinski definition) is 1. The average Bonchev–Trinajstić information content (AvgIpc) is 3.29. The molecule has 0 saturated carbocycles. The number of aromatic nitrogens is 1. The third kappa shape index (κ3) is 4.01. The number of carbonyl (C=O) groups is 2. The Hall–Kier alpha value is -3.55. The van der Waals surface area contributed by atoms with Crippen LogP contribution in [0.25, 0.3) is 27.9 Å². The number of rotatable bonds is 6. The van der Waals surface area contributed by atoms with E-state index in [0.717, 1.165) is 44.0 Å². The Labute approximate surface area is 195 Å². The third-order valence-electron chi connectivity index (χ3n) is 5.75. The Balaban J connectivity index is 1.36. The van der Waals surface area contributed by atoms with Crippen LogP contribution < -0.4 is 4.74 Å². The SMILES string of the molecule is COc1ccc(/C=C2/SC(=O)N(C[C@@H](O)Cn3c4ccccc4c4ccccc43)C2=O)cc1. The number of nitrogens with zero attached hydrogens (tertiary/aromatic N) is 2. The Morgan fingerprint density at radius 1 is 0.909 bits per heavy atom. The van der Waals surface area contributed by atoms with Crippen LogP contribution in [0.4, 0.5) is 4.79 Å². The summed E-state index contributed by atoms with van der Waals surface area (Å²) in [7, 11) is 1.59. The number of para-hydroxylation sites is 2. The predicted octanol–water partition coefficient (Wildman–Crippen LogP) is 4.90. The lowest BCUT2D eigenvalue weighted by molar-refractivity contribution is -0.123. The highest BCUT2D eigenvalue weighted by Gasteiger charge is 2.36. The molecule has 33 heavy (non-hydrogen) atoms. The van der Waals surface area contributed by atoms with Crippen LogP contribution in [0.3, 0.4) is 0 Å². The number of benzene rings is 3. The van der Waals surface area contributed by atoms with Crippen molar-refractivity contribution in [1.82, 2.24) is 9.47 Å². The molecule has 0 bridgehead atoms. The maximum atomic E-state index is 12.9. The first kappa shape index (κ1) is 21.3. The van der Waals surface area contributed by atoms with Gasteiger partial charge in [0.05, 0.1) is 31.2 Å². The summed E-state index contributed by atoms with van der Waals surface area (Å²) in [6.45, 7) is 0.207. The number of ether oxygens (including phenoxy) is 1. The molecule has 7 heteroatoms. The molecule has 3 aromatic carbocycles. The number of imide groups is 1. The van der Waals surface area contributed by atoms with E-state index in [0.29, 0.717) is 10.7 Å². The molecule has 4 aromatic rings. The topological polar surface area (TPSA) is 71.8 Å². The van der Waals surface area contributed by atoms with Gasteiger partial charge in [-0.3, -0.25) is 14.5 Å². The molecule has 0 spiro atoms. The zero-order valence-electron chi connectivity index (χ0n) is 18.0. The van der Waals surface area contributed by atoms with Crippen molar-refractivity contribution in [3.63, 3.8) is 0 Å². The highest BCUT2D eigenvalue weighted by molar-refractivity contribution is 8.18. The second-order valence-corrected chi connectivity index (χ2v) is 8.86. The van der Waals surface area contributed by atoms with Crippen LogP contribution in [0.5, 0.6) is 5.75 Å². The van der Waals surface area contributed by atoms with Gasteiger partial charge in [0, 0.05) is 21.8 Å². The summed E-state index contributed by atoms with van der Waals surface area (Å²) in [6, 6.07) is 23.3. The smallest absolute Gasteiger partial charge is 0.293 e. The summed E-state index contributed by atoms with van der Waals surface area (Å²) >= 11 is 0.891. The van der Waals surface area contributed by atoms with E-state index in [4.69, 9.17) is 4.74 Å². The number of methoxy groups -OCH3 is 1. The van der Waals surface area contributed by atoms with Gasteiger partial charge in [-0.25, -0.2) is 0 Å². The Kier molecular flexibility index (Phi) is 5.66. The minimum absolute atomic E-state index is 0.0640. The molecule has 0 radical (unpaired) electrons. The van der Waals surface area contributed by atoms with Gasteiger partial charge in [0.1, 0.15) is 5.75 Å². The molecular weight excluding hydrogens is 436 g/mol. The van der Waals surface area contributed by atoms with Crippen LogP contribution >= 0.6 is 11.8 Å². The van der Waals surface area contributed by atoms with Crippen molar-refractivity contribution in [2.75, 3.05) is 13.7 Å². The molecule has 2 amide bonds. The summed E-state index contributed by atoms with van der Waals surface area (Å²) in [6.07, 6.45) is 0.780. The number of β-amino-alcohol motifs (C(OH)–C–C–N with tert-alkyl or cyclic N) is 1. The van der Waals surface area contributed by atoms with Gasteiger partial charge in [0.15, 0.2) is 0 Å². The second-order valence-electron chi connectivity index (χ2n) is 7.86. The first-order valence-electron chi connectivity index (χ1n) is 10.6. The summed E-state index contributed by atoms with van der Waals surface area (Å²) in [5.41, 5.74) is 2.81.